The van der Waals surface area contributed by atoms with E-state index in [4.69, 9.17) is 4.74 Å². The maximum absolute atomic E-state index is 11.7. The van der Waals surface area contributed by atoms with E-state index in [1.54, 1.807) is 24.3 Å². The summed E-state index contributed by atoms with van der Waals surface area (Å²) in [6, 6.07) is 10.6. The van der Waals surface area contributed by atoms with Gasteiger partial charge in [-0.25, -0.2) is 0 Å². The summed E-state index contributed by atoms with van der Waals surface area (Å²) in [7, 11) is 0. The third kappa shape index (κ3) is 4.96. The van der Waals surface area contributed by atoms with Gasteiger partial charge < -0.3 is 15.2 Å². The smallest absolute Gasteiger partial charge is 0.270 e. The number of hydrogen-bond donors (Lipinski definition) is 2. The highest BCUT2D eigenvalue weighted by Crippen LogP contribution is 2.22. The van der Waals surface area contributed by atoms with E-state index in [2.05, 4.69) is 21.2 Å². The Kier molecular flexibility index (Phi) is 5.53. The summed E-state index contributed by atoms with van der Waals surface area (Å²) in [6.07, 6.45) is 0. The normalized spacial score (nSPS) is 10.1. The molecule has 2 aromatic carbocycles. The molecule has 1 amide bonds. The second-order valence-electron chi connectivity index (χ2n) is 4.59. The van der Waals surface area contributed by atoms with Crippen molar-refractivity contribution in [2.24, 2.45) is 0 Å². The number of ether oxygens (including phenoxy) is 1. The number of nitrogens with one attached hydrogen (secondary N) is 1. The first-order chi connectivity index (χ1) is 11.0. The molecule has 0 aliphatic heterocycles. The minimum Gasteiger partial charge on any atom is -0.508 e. The molecule has 23 heavy (non-hydrogen) atoms. The Morgan fingerprint density at radius 1 is 1.26 bits per heavy atom. The molecule has 0 heterocycles. The van der Waals surface area contributed by atoms with Gasteiger partial charge in [0.15, 0.2) is 6.61 Å². The van der Waals surface area contributed by atoms with E-state index in [-0.39, 0.29) is 30.2 Å². The lowest BCUT2D eigenvalue weighted by Crippen LogP contribution is -2.28. The first-order valence-corrected chi connectivity index (χ1v) is 7.36. The van der Waals surface area contributed by atoms with Crippen molar-refractivity contribution in [2.45, 2.75) is 6.54 Å². The number of hydrogen-bond acceptors (Lipinski definition) is 5. The van der Waals surface area contributed by atoms with Crippen molar-refractivity contribution < 1.29 is 19.6 Å². The van der Waals surface area contributed by atoms with Crippen LogP contribution in [0.4, 0.5) is 5.69 Å². The van der Waals surface area contributed by atoms with Crippen LogP contribution in [0.15, 0.2) is 46.9 Å². The van der Waals surface area contributed by atoms with Crippen LogP contribution in [-0.2, 0) is 11.3 Å². The summed E-state index contributed by atoms with van der Waals surface area (Å²) >= 11 is 3.29. The van der Waals surface area contributed by atoms with Gasteiger partial charge in [0.25, 0.3) is 11.6 Å². The van der Waals surface area contributed by atoms with Crippen molar-refractivity contribution in [1.82, 2.24) is 5.32 Å². The number of benzene rings is 2. The number of carbonyl (C=O) groups excluding carboxylic acids is 1. The molecule has 0 saturated carbocycles. The third-order valence-corrected chi connectivity index (χ3v) is 3.46. The Morgan fingerprint density at radius 3 is 2.61 bits per heavy atom. The van der Waals surface area contributed by atoms with Crippen molar-refractivity contribution in [3.05, 3.63) is 62.6 Å². The van der Waals surface area contributed by atoms with Gasteiger partial charge in [0, 0.05) is 28.7 Å². The van der Waals surface area contributed by atoms with Gasteiger partial charge in [-0.15, -0.1) is 0 Å². The molecule has 0 unspecified atom stereocenters. The first kappa shape index (κ1) is 16.8. The molecule has 0 fully saturated rings. The summed E-state index contributed by atoms with van der Waals surface area (Å²) in [5, 5.41) is 22.9. The molecule has 0 spiro atoms. The second kappa shape index (κ2) is 7.59. The third-order valence-electron chi connectivity index (χ3n) is 2.93. The monoisotopic (exact) mass is 380 g/mol. The fraction of sp³-hybridized carbons (Fsp3) is 0.133. The number of amides is 1. The Hall–Kier alpha value is -2.61. The van der Waals surface area contributed by atoms with Crippen LogP contribution in [0.25, 0.3) is 0 Å². The van der Waals surface area contributed by atoms with E-state index >= 15 is 0 Å². The van der Waals surface area contributed by atoms with Crippen LogP contribution in [0.5, 0.6) is 11.5 Å². The van der Waals surface area contributed by atoms with Gasteiger partial charge in [-0.05, 0) is 30.3 Å². The number of nitro benzene ring substituents is 1. The van der Waals surface area contributed by atoms with Crippen molar-refractivity contribution in [3.63, 3.8) is 0 Å². The van der Waals surface area contributed by atoms with Gasteiger partial charge in [0.2, 0.25) is 0 Å². The quantitative estimate of drug-likeness (QED) is 0.592. The Balaban J connectivity index is 1.88. The topological polar surface area (TPSA) is 102 Å². The lowest BCUT2D eigenvalue weighted by atomic mass is 10.2. The zero-order valence-corrected chi connectivity index (χ0v) is 13.4. The molecule has 2 aromatic rings. The number of halogens is 1. The Labute approximate surface area is 140 Å². The lowest BCUT2D eigenvalue weighted by molar-refractivity contribution is -0.384. The van der Waals surface area contributed by atoms with Crippen LogP contribution in [0.1, 0.15) is 5.56 Å². The number of non-ortho nitro benzene ring substituents is 1. The van der Waals surface area contributed by atoms with E-state index in [0.717, 1.165) is 4.47 Å². The van der Waals surface area contributed by atoms with Gasteiger partial charge in [0.05, 0.1) is 4.92 Å². The average Bonchev–Trinajstić information content (AvgIpc) is 2.53. The molecule has 2 rings (SSSR count). The van der Waals surface area contributed by atoms with Gasteiger partial charge in [-0.2, -0.15) is 0 Å². The van der Waals surface area contributed by atoms with Crippen molar-refractivity contribution >= 4 is 27.5 Å². The van der Waals surface area contributed by atoms with E-state index in [1.165, 1.54) is 18.2 Å². The number of carbonyl (C=O) groups is 1. The zero-order chi connectivity index (χ0) is 16.8. The van der Waals surface area contributed by atoms with Gasteiger partial charge in [0.1, 0.15) is 11.5 Å². The van der Waals surface area contributed by atoms with Crippen LogP contribution >= 0.6 is 15.9 Å². The summed E-state index contributed by atoms with van der Waals surface area (Å²) in [6.45, 7) is -0.229. The van der Waals surface area contributed by atoms with Crippen molar-refractivity contribution in [2.75, 3.05) is 6.61 Å². The molecule has 0 radical (unpaired) electrons. The van der Waals surface area contributed by atoms with E-state index in [0.29, 0.717) is 5.75 Å². The van der Waals surface area contributed by atoms with Gasteiger partial charge in [-0.1, -0.05) is 15.9 Å². The van der Waals surface area contributed by atoms with E-state index in [9.17, 15) is 20.0 Å². The lowest BCUT2D eigenvalue weighted by Gasteiger charge is -2.08. The number of nitro groups is 1. The summed E-state index contributed by atoms with van der Waals surface area (Å²) < 4.78 is 6.20. The van der Waals surface area contributed by atoms with Gasteiger partial charge >= 0.3 is 0 Å². The van der Waals surface area contributed by atoms with Gasteiger partial charge in [-0.3, -0.25) is 14.9 Å². The van der Waals surface area contributed by atoms with Crippen LogP contribution in [0, 0.1) is 10.1 Å². The summed E-state index contributed by atoms with van der Waals surface area (Å²) in [5.74, 6) is 0.0186. The zero-order valence-electron chi connectivity index (χ0n) is 11.9. The Bertz CT molecular complexity index is 718. The molecule has 120 valence electrons. The first-order valence-electron chi connectivity index (χ1n) is 6.57. The molecule has 2 N–H and O–H groups in total. The molecule has 0 aromatic heterocycles. The average molecular weight is 381 g/mol. The molecular weight excluding hydrogens is 368 g/mol. The molecule has 0 atom stereocenters. The van der Waals surface area contributed by atoms with Crippen molar-refractivity contribution in [3.8, 4) is 11.5 Å². The minimum absolute atomic E-state index is 0.0317. The van der Waals surface area contributed by atoms with Crippen LogP contribution in [0.3, 0.4) is 0 Å². The van der Waals surface area contributed by atoms with E-state index in [1.807, 2.05) is 0 Å². The Morgan fingerprint density at radius 2 is 1.96 bits per heavy atom. The van der Waals surface area contributed by atoms with E-state index < -0.39 is 10.8 Å². The standard InChI is InChI=1S/C15H13BrN2O5/c16-11-1-4-13(5-2-11)23-9-15(20)17-8-10-7-12(18(21)22)3-6-14(10)19/h1-7,19H,8-9H2,(H,17,20). The largest absolute Gasteiger partial charge is 0.508 e. The molecule has 0 saturated heterocycles. The number of aromatic hydroxyl groups is 1. The minimum atomic E-state index is -0.568. The molecule has 0 aliphatic rings. The summed E-state index contributed by atoms with van der Waals surface area (Å²) in [5.41, 5.74) is 0.106. The number of phenols is 1. The molecule has 0 bridgehead atoms. The number of phenolic OH excluding ortho intramolecular Hbond substituents is 1. The fourth-order valence-corrected chi connectivity index (χ4v) is 2.02. The molecule has 8 heteroatoms. The SMILES string of the molecule is O=C(COc1ccc(Br)cc1)NCc1cc([N+](=O)[O-])ccc1O. The molecular formula is C15H13BrN2O5. The predicted molar refractivity (Wildman–Crippen MR) is 86.2 cm³/mol. The number of rotatable bonds is 6. The maximum Gasteiger partial charge on any atom is 0.270 e. The highest BCUT2D eigenvalue weighted by molar-refractivity contribution is 9.10. The van der Waals surface area contributed by atoms with Crippen molar-refractivity contribution in [1.29, 1.82) is 0 Å². The highest BCUT2D eigenvalue weighted by Gasteiger charge is 2.11. The highest BCUT2D eigenvalue weighted by atomic mass is 79.9. The van der Waals surface area contributed by atoms with Crippen LogP contribution < -0.4 is 10.1 Å². The molecule has 0 aliphatic carbocycles. The number of nitrogens with zero attached hydrogens (tertiary/aromatic N) is 1. The molecule has 7 nitrogen and oxygen atoms in total. The maximum atomic E-state index is 11.7. The fourth-order valence-electron chi connectivity index (χ4n) is 1.75. The van der Waals surface area contributed by atoms with Crippen LogP contribution in [-0.4, -0.2) is 22.5 Å². The summed E-state index contributed by atoms with van der Waals surface area (Å²) in [4.78, 5) is 21.9. The predicted octanol–water partition coefficient (Wildman–Crippen LogP) is 2.76. The van der Waals surface area contributed by atoms with Crippen LogP contribution in [0.2, 0.25) is 0 Å². The second-order valence-corrected chi connectivity index (χ2v) is 5.51.